The highest BCUT2D eigenvalue weighted by molar-refractivity contribution is 6.08. The molecular weight excluding hydrogens is 460 g/mol. The zero-order chi connectivity index (χ0) is 26.0. The first-order valence-corrected chi connectivity index (χ1v) is 12.8. The van der Waals surface area contributed by atoms with Crippen LogP contribution in [-0.4, -0.2) is 30.6 Å². The van der Waals surface area contributed by atoms with E-state index in [1.807, 2.05) is 80.6 Å². The lowest BCUT2D eigenvalue weighted by molar-refractivity contribution is -0.154. The maximum Gasteiger partial charge on any atom is 0.336 e. The monoisotopic (exact) mass is 492 g/mol. The molecule has 5 rings (SSSR count). The Labute approximate surface area is 217 Å². The van der Waals surface area contributed by atoms with Crippen molar-refractivity contribution >= 4 is 22.6 Å². The molecule has 37 heavy (non-hydrogen) atoms. The van der Waals surface area contributed by atoms with Crippen LogP contribution in [0.4, 0.5) is 0 Å². The van der Waals surface area contributed by atoms with E-state index in [1.165, 1.54) is 0 Å². The van der Waals surface area contributed by atoms with Gasteiger partial charge in [0, 0.05) is 18.9 Å². The fraction of sp³-hybridized carbons (Fsp3) is 0.250. The second-order valence-electron chi connectivity index (χ2n) is 10.2. The molecule has 1 aliphatic carbocycles. The Kier molecular flexibility index (Phi) is 6.81. The predicted molar refractivity (Wildman–Crippen MR) is 147 cm³/mol. The van der Waals surface area contributed by atoms with Crippen molar-refractivity contribution in [1.29, 1.82) is 0 Å². The summed E-state index contributed by atoms with van der Waals surface area (Å²) >= 11 is 0. The number of esters is 1. The van der Waals surface area contributed by atoms with Crippen LogP contribution < -0.4 is 11.1 Å². The van der Waals surface area contributed by atoms with E-state index >= 15 is 0 Å². The van der Waals surface area contributed by atoms with E-state index in [-0.39, 0.29) is 24.9 Å². The number of ether oxygens (including phenoxy) is 1. The second kappa shape index (κ2) is 10.2. The minimum absolute atomic E-state index is 0.0367. The molecule has 0 fully saturated rings. The number of carbonyl (C=O) groups is 2. The Balaban J connectivity index is 1.44. The van der Waals surface area contributed by atoms with Crippen LogP contribution in [0.5, 0.6) is 0 Å². The first-order chi connectivity index (χ1) is 17.9. The van der Waals surface area contributed by atoms with Crippen LogP contribution in [0.3, 0.4) is 0 Å². The molecule has 5 heteroatoms. The number of benzene rings is 4. The van der Waals surface area contributed by atoms with Crippen LogP contribution >= 0.6 is 0 Å². The van der Waals surface area contributed by atoms with Crippen LogP contribution in [-0.2, 0) is 20.7 Å². The number of rotatable bonds is 8. The lowest BCUT2D eigenvalue weighted by atomic mass is 9.88. The van der Waals surface area contributed by atoms with Gasteiger partial charge in [0.25, 0.3) is 5.91 Å². The highest BCUT2D eigenvalue weighted by Gasteiger charge is 2.45. The summed E-state index contributed by atoms with van der Waals surface area (Å²) in [4.78, 5) is 27.1. The number of nitrogens with two attached hydrogens (primary N) is 1. The molecule has 0 aliphatic heterocycles. The van der Waals surface area contributed by atoms with Crippen LogP contribution in [0.1, 0.15) is 36.5 Å². The summed E-state index contributed by atoms with van der Waals surface area (Å²) in [6.07, 6.45) is 0.0367. The fourth-order valence-corrected chi connectivity index (χ4v) is 5.17. The summed E-state index contributed by atoms with van der Waals surface area (Å²) in [5, 5.41) is 4.85. The third-order valence-corrected chi connectivity index (χ3v) is 7.13. The predicted octanol–water partition coefficient (Wildman–Crippen LogP) is 5.21. The Morgan fingerprint density at radius 3 is 2.14 bits per heavy atom. The molecule has 188 valence electrons. The first kappa shape index (κ1) is 24.7. The van der Waals surface area contributed by atoms with Crippen molar-refractivity contribution in [1.82, 2.24) is 5.32 Å². The number of hydrogen-bond donors (Lipinski definition) is 2. The summed E-state index contributed by atoms with van der Waals surface area (Å²) < 4.78 is 5.89. The molecule has 0 saturated heterocycles. The Morgan fingerprint density at radius 1 is 0.865 bits per heavy atom. The molecule has 5 nitrogen and oxygen atoms in total. The van der Waals surface area contributed by atoms with Gasteiger partial charge in [-0.25, -0.2) is 4.79 Å². The van der Waals surface area contributed by atoms with Gasteiger partial charge in [-0.1, -0.05) is 105 Å². The van der Waals surface area contributed by atoms with Crippen LogP contribution in [0, 0.1) is 5.92 Å². The summed E-state index contributed by atoms with van der Waals surface area (Å²) in [6.45, 7) is 4.52. The number of amides is 1. The van der Waals surface area contributed by atoms with Gasteiger partial charge in [-0.05, 0) is 44.5 Å². The minimum atomic E-state index is -1.86. The normalized spacial score (nSPS) is 14.2. The van der Waals surface area contributed by atoms with Crippen molar-refractivity contribution in [3.63, 3.8) is 0 Å². The molecule has 0 spiro atoms. The van der Waals surface area contributed by atoms with E-state index in [4.69, 9.17) is 10.5 Å². The second-order valence-corrected chi connectivity index (χ2v) is 10.2. The molecule has 4 aromatic rings. The van der Waals surface area contributed by atoms with Gasteiger partial charge < -0.3 is 15.8 Å². The minimum Gasteiger partial charge on any atom is -0.463 e. The number of carbonyl (C=O) groups excluding carboxylic acids is 2. The third kappa shape index (κ3) is 4.75. The SMILES string of the molecule is CC(C)CNC(=O)[C@](N)(Cc1cccc2ccccc12)C(=O)OCC1c2ccccc2-c2ccccc21. The average molecular weight is 493 g/mol. The fourth-order valence-electron chi connectivity index (χ4n) is 5.17. The van der Waals surface area contributed by atoms with Crippen molar-refractivity contribution in [3.05, 3.63) is 108 Å². The Bertz CT molecular complexity index is 1410. The van der Waals surface area contributed by atoms with Crippen molar-refractivity contribution in [2.45, 2.75) is 31.7 Å². The van der Waals surface area contributed by atoms with Gasteiger partial charge in [0.1, 0.15) is 6.61 Å². The van der Waals surface area contributed by atoms with Gasteiger partial charge in [0.2, 0.25) is 0 Å². The lowest BCUT2D eigenvalue weighted by Gasteiger charge is -2.28. The van der Waals surface area contributed by atoms with E-state index in [9.17, 15) is 9.59 Å². The molecule has 0 heterocycles. The molecule has 0 aromatic heterocycles. The van der Waals surface area contributed by atoms with Crippen molar-refractivity contribution in [2.24, 2.45) is 11.7 Å². The molecule has 1 aliphatic rings. The van der Waals surface area contributed by atoms with Crippen molar-refractivity contribution in [2.75, 3.05) is 13.2 Å². The molecule has 3 N–H and O–H groups in total. The summed E-state index contributed by atoms with van der Waals surface area (Å²) in [5.41, 5.74) is 10.1. The van der Waals surface area contributed by atoms with Gasteiger partial charge in [-0.2, -0.15) is 0 Å². The molecule has 0 radical (unpaired) electrons. The smallest absolute Gasteiger partial charge is 0.336 e. The van der Waals surface area contributed by atoms with Gasteiger partial charge in [0.05, 0.1) is 0 Å². The molecule has 0 bridgehead atoms. The highest BCUT2D eigenvalue weighted by Crippen LogP contribution is 2.44. The standard InChI is InChI=1S/C32H32N2O3/c1-21(2)19-34-30(35)32(33,18-23-12-9-11-22-10-3-4-13-24(22)23)31(36)37-20-29-27-16-7-5-14-25(27)26-15-6-8-17-28(26)29/h3-17,21,29H,18-20,33H2,1-2H3,(H,34,35)/t32-/m1/s1. The molecular formula is C32H32N2O3. The van der Waals surface area contributed by atoms with Crippen LogP contribution in [0.25, 0.3) is 21.9 Å². The highest BCUT2D eigenvalue weighted by atomic mass is 16.5. The molecule has 1 amide bonds. The van der Waals surface area contributed by atoms with E-state index < -0.39 is 17.4 Å². The summed E-state index contributed by atoms with van der Waals surface area (Å²) in [5.74, 6) is -1.14. The van der Waals surface area contributed by atoms with Gasteiger partial charge in [-0.15, -0.1) is 0 Å². The van der Waals surface area contributed by atoms with Crippen LogP contribution in [0.15, 0.2) is 91.0 Å². The average Bonchev–Trinajstić information content (AvgIpc) is 3.24. The molecule has 0 unspecified atom stereocenters. The van der Waals surface area contributed by atoms with E-state index in [0.29, 0.717) is 6.54 Å². The van der Waals surface area contributed by atoms with Crippen LogP contribution in [0.2, 0.25) is 0 Å². The van der Waals surface area contributed by atoms with Crippen molar-refractivity contribution < 1.29 is 14.3 Å². The summed E-state index contributed by atoms with van der Waals surface area (Å²) in [6, 6.07) is 30.0. The number of nitrogens with one attached hydrogen (secondary N) is 1. The topological polar surface area (TPSA) is 81.4 Å². The quantitative estimate of drug-likeness (QED) is 0.261. The van der Waals surface area contributed by atoms with Gasteiger partial charge >= 0.3 is 5.97 Å². The lowest BCUT2D eigenvalue weighted by Crippen LogP contribution is -2.62. The first-order valence-electron chi connectivity index (χ1n) is 12.8. The number of hydrogen-bond acceptors (Lipinski definition) is 4. The Morgan fingerprint density at radius 2 is 1.46 bits per heavy atom. The third-order valence-electron chi connectivity index (χ3n) is 7.13. The van der Waals surface area contributed by atoms with E-state index in [1.54, 1.807) is 0 Å². The van der Waals surface area contributed by atoms with Gasteiger partial charge in [-0.3, -0.25) is 4.79 Å². The van der Waals surface area contributed by atoms with E-state index in [0.717, 1.165) is 38.6 Å². The maximum absolute atomic E-state index is 13.7. The molecule has 1 atom stereocenters. The zero-order valence-corrected chi connectivity index (χ0v) is 21.2. The number of fused-ring (bicyclic) bond motifs is 4. The molecule has 4 aromatic carbocycles. The maximum atomic E-state index is 13.7. The van der Waals surface area contributed by atoms with Crippen molar-refractivity contribution in [3.8, 4) is 11.1 Å². The molecule has 0 saturated carbocycles. The summed E-state index contributed by atoms with van der Waals surface area (Å²) in [7, 11) is 0. The van der Waals surface area contributed by atoms with E-state index in [2.05, 4.69) is 29.6 Å². The largest absolute Gasteiger partial charge is 0.463 e. The Hall–Kier alpha value is -3.96. The van der Waals surface area contributed by atoms with Gasteiger partial charge in [0.15, 0.2) is 5.54 Å². The zero-order valence-electron chi connectivity index (χ0n) is 21.2.